The third-order valence-corrected chi connectivity index (χ3v) is 5.26. The fraction of sp³-hybridized carbons (Fsp3) is 0.333. The largest absolute Gasteiger partial charge is 0.365 e. The smallest absolute Gasteiger partial charge is 0.183 e. The minimum absolute atomic E-state index is 0.0179. The maximum absolute atomic E-state index is 12.5. The van der Waals surface area contributed by atoms with Gasteiger partial charge in [0, 0.05) is 19.9 Å². The maximum Gasteiger partial charge on any atom is 0.183 e. The van der Waals surface area contributed by atoms with Crippen LogP contribution >= 0.6 is 11.3 Å². The number of ketones is 2. The summed E-state index contributed by atoms with van der Waals surface area (Å²) in [5.41, 5.74) is 2.79. The summed E-state index contributed by atoms with van der Waals surface area (Å²) in [6.45, 7) is 3.98. The van der Waals surface area contributed by atoms with E-state index in [2.05, 4.69) is 21.4 Å². The summed E-state index contributed by atoms with van der Waals surface area (Å²) in [5, 5.41) is 3.93. The summed E-state index contributed by atoms with van der Waals surface area (Å²) in [7, 11) is 1.85. The Morgan fingerprint density at radius 2 is 1.81 bits per heavy atom. The Bertz CT molecular complexity index is 978. The van der Waals surface area contributed by atoms with Crippen molar-refractivity contribution in [2.75, 3.05) is 12.4 Å². The zero-order chi connectivity index (χ0) is 19.4. The van der Waals surface area contributed by atoms with Gasteiger partial charge < -0.3 is 5.32 Å². The van der Waals surface area contributed by atoms with Crippen LogP contribution in [0.1, 0.15) is 53.2 Å². The van der Waals surface area contributed by atoms with Crippen LogP contribution in [0.5, 0.6) is 0 Å². The third kappa shape index (κ3) is 4.77. The molecule has 0 aliphatic carbocycles. The van der Waals surface area contributed by atoms with Crippen molar-refractivity contribution >= 4 is 38.3 Å². The molecule has 0 aliphatic rings. The molecule has 0 fully saturated rings. The van der Waals surface area contributed by atoms with E-state index >= 15 is 0 Å². The van der Waals surface area contributed by atoms with Crippen LogP contribution in [0.25, 0.3) is 10.2 Å². The molecule has 0 radical (unpaired) electrons. The molecule has 0 unspecified atom stereocenters. The van der Waals surface area contributed by atoms with Gasteiger partial charge in [-0.2, -0.15) is 0 Å². The Kier molecular flexibility index (Phi) is 5.96. The number of Topliss-reactive ketones (excluding diaryl/α,β-unsaturated/α-hetero) is 2. The number of thiazole rings is 1. The number of anilines is 1. The van der Waals surface area contributed by atoms with Crippen molar-refractivity contribution in [2.24, 2.45) is 5.92 Å². The number of pyridine rings is 1. The molecule has 27 heavy (non-hydrogen) atoms. The first-order valence-corrected chi connectivity index (χ1v) is 9.88. The van der Waals surface area contributed by atoms with Gasteiger partial charge in [-0.3, -0.25) is 9.59 Å². The molecule has 1 N–H and O–H groups in total. The summed E-state index contributed by atoms with van der Waals surface area (Å²) >= 11 is 1.59. The average molecular weight is 382 g/mol. The van der Waals surface area contributed by atoms with Crippen LogP contribution in [0.3, 0.4) is 0 Å². The third-order valence-electron chi connectivity index (χ3n) is 4.22. The SMILES string of the molecule is CNc1nc2ccc(CCC(=O)c3cccc(C(=O)CC(C)C)n3)cc2s1. The predicted molar refractivity (Wildman–Crippen MR) is 110 cm³/mol. The average Bonchev–Trinajstić information content (AvgIpc) is 3.08. The summed E-state index contributed by atoms with van der Waals surface area (Å²) in [4.78, 5) is 33.5. The lowest BCUT2D eigenvalue weighted by molar-refractivity contribution is 0.0962. The number of aromatic nitrogens is 2. The Hall–Kier alpha value is -2.60. The molecule has 0 atom stereocenters. The molecular formula is C21H23N3O2S. The molecule has 5 nitrogen and oxygen atoms in total. The van der Waals surface area contributed by atoms with E-state index in [1.807, 2.05) is 33.0 Å². The molecule has 0 amide bonds. The Labute approximate surface area is 162 Å². The Balaban J connectivity index is 1.68. The second-order valence-corrected chi connectivity index (χ2v) is 7.95. The van der Waals surface area contributed by atoms with Gasteiger partial charge in [0.05, 0.1) is 10.2 Å². The number of fused-ring (bicyclic) bond motifs is 1. The van der Waals surface area contributed by atoms with Gasteiger partial charge in [0.25, 0.3) is 0 Å². The molecule has 0 aliphatic heterocycles. The van der Waals surface area contributed by atoms with Crippen LogP contribution in [-0.2, 0) is 6.42 Å². The van der Waals surface area contributed by atoms with E-state index in [1.165, 1.54) is 0 Å². The highest BCUT2D eigenvalue weighted by molar-refractivity contribution is 7.22. The first-order chi connectivity index (χ1) is 13.0. The molecule has 140 valence electrons. The molecule has 3 rings (SSSR count). The van der Waals surface area contributed by atoms with Crippen molar-refractivity contribution in [2.45, 2.75) is 33.1 Å². The van der Waals surface area contributed by atoms with Crippen molar-refractivity contribution < 1.29 is 9.59 Å². The number of rotatable bonds is 8. The number of carbonyl (C=O) groups is 2. The van der Waals surface area contributed by atoms with Gasteiger partial charge in [0.2, 0.25) is 0 Å². The van der Waals surface area contributed by atoms with Crippen molar-refractivity contribution in [3.05, 3.63) is 53.3 Å². The molecule has 3 aromatic rings. The number of nitrogens with zero attached hydrogens (tertiary/aromatic N) is 2. The van der Waals surface area contributed by atoms with Crippen molar-refractivity contribution in [1.82, 2.24) is 9.97 Å². The number of aryl methyl sites for hydroxylation is 1. The van der Waals surface area contributed by atoms with Crippen LogP contribution in [0, 0.1) is 5.92 Å². The van der Waals surface area contributed by atoms with Crippen molar-refractivity contribution in [1.29, 1.82) is 0 Å². The summed E-state index contributed by atoms with van der Waals surface area (Å²) in [6.07, 6.45) is 1.43. The van der Waals surface area contributed by atoms with Crippen LogP contribution in [0.2, 0.25) is 0 Å². The topological polar surface area (TPSA) is 72.0 Å². The monoisotopic (exact) mass is 381 g/mol. The predicted octanol–water partition coefficient (Wildman–Crippen LogP) is 4.78. The highest BCUT2D eigenvalue weighted by Gasteiger charge is 2.14. The van der Waals surface area contributed by atoms with E-state index < -0.39 is 0 Å². The van der Waals surface area contributed by atoms with Crippen LogP contribution in [-0.4, -0.2) is 28.6 Å². The molecule has 6 heteroatoms. The molecule has 2 heterocycles. The summed E-state index contributed by atoms with van der Waals surface area (Å²) in [6, 6.07) is 11.2. The van der Waals surface area contributed by atoms with Crippen molar-refractivity contribution in [3.63, 3.8) is 0 Å². The van der Waals surface area contributed by atoms with Gasteiger partial charge in [-0.15, -0.1) is 0 Å². The quantitative estimate of drug-likeness (QED) is 0.569. The van der Waals surface area contributed by atoms with Crippen LogP contribution in [0.4, 0.5) is 5.13 Å². The van der Waals surface area contributed by atoms with Gasteiger partial charge >= 0.3 is 0 Å². The highest BCUT2D eigenvalue weighted by Crippen LogP contribution is 2.26. The molecule has 0 bridgehead atoms. The van der Waals surface area contributed by atoms with Gasteiger partial charge in [-0.25, -0.2) is 9.97 Å². The number of hydrogen-bond donors (Lipinski definition) is 1. The zero-order valence-electron chi connectivity index (χ0n) is 15.8. The molecule has 0 saturated heterocycles. The van der Waals surface area contributed by atoms with E-state index in [-0.39, 0.29) is 17.5 Å². The van der Waals surface area contributed by atoms with E-state index in [0.717, 1.165) is 20.9 Å². The first kappa shape index (κ1) is 19.2. The van der Waals surface area contributed by atoms with Crippen molar-refractivity contribution in [3.8, 4) is 0 Å². The van der Waals surface area contributed by atoms with E-state index in [4.69, 9.17) is 0 Å². The number of hydrogen-bond acceptors (Lipinski definition) is 6. The zero-order valence-corrected chi connectivity index (χ0v) is 16.6. The first-order valence-electron chi connectivity index (χ1n) is 9.07. The minimum Gasteiger partial charge on any atom is -0.365 e. The number of carbonyl (C=O) groups excluding carboxylic acids is 2. The Morgan fingerprint density at radius 1 is 1.07 bits per heavy atom. The number of nitrogens with one attached hydrogen (secondary N) is 1. The van der Waals surface area contributed by atoms with Crippen LogP contribution < -0.4 is 5.32 Å². The normalized spacial score (nSPS) is 11.1. The van der Waals surface area contributed by atoms with Crippen LogP contribution in [0.15, 0.2) is 36.4 Å². The molecule has 0 saturated carbocycles. The van der Waals surface area contributed by atoms with E-state index in [0.29, 0.717) is 30.7 Å². The molecule has 0 spiro atoms. The molecule has 1 aromatic carbocycles. The lowest BCUT2D eigenvalue weighted by Crippen LogP contribution is -2.10. The fourth-order valence-corrected chi connectivity index (χ4v) is 3.72. The van der Waals surface area contributed by atoms with Gasteiger partial charge in [0.1, 0.15) is 11.4 Å². The summed E-state index contributed by atoms with van der Waals surface area (Å²) in [5.74, 6) is 0.203. The lowest BCUT2D eigenvalue weighted by Gasteiger charge is -2.06. The minimum atomic E-state index is -0.0467. The second-order valence-electron chi connectivity index (χ2n) is 6.92. The van der Waals surface area contributed by atoms with E-state index in [9.17, 15) is 9.59 Å². The fourth-order valence-electron chi connectivity index (χ4n) is 2.84. The highest BCUT2D eigenvalue weighted by atomic mass is 32.1. The Morgan fingerprint density at radius 3 is 2.52 bits per heavy atom. The molecular weight excluding hydrogens is 358 g/mol. The maximum atomic E-state index is 12.5. The van der Waals surface area contributed by atoms with Gasteiger partial charge in [-0.05, 0) is 42.2 Å². The van der Waals surface area contributed by atoms with Gasteiger partial charge in [-0.1, -0.05) is 37.3 Å². The summed E-state index contributed by atoms with van der Waals surface area (Å²) < 4.78 is 1.10. The second kappa shape index (κ2) is 8.39. The van der Waals surface area contributed by atoms with E-state index in [1.54, 1.807) is 29.5 Å². The standard InChI is InChI=1S/C21H23N3O2S/c1-13(2)11-19(26)16-6-4-5-15(23-16)18(25)10-8-14-7-9-17-20(12-14)27-21(22-3)24-17/h4-7,9,12-13H,8,10-11H2,1-3H3,(H,22,24). The number of benzene rings is 1. The molecule has 2 aromatic heterocycles. The lowest BCUT2D eigenvalue weighted by atomic mass is 10.0. The van der Waals surface area contributed by atoms with Gasteiger partial charge in [0.15, 0.2) is 16.7 Å².